The summed E-state index contributed by atoms with van der Waals surface area (Å²) in [7, 11) is 1.78. The lowest BCUT2D eigenvalue weighted by Gasteiger charge is -2.03. The van der Waals surface area contributed by atoms with E-state index in [-0.39, 0.29) is 5.56 Å². The average molecular weight is 248 g/mol. The van der Waals surface area contributed by atoms with E-state index in [1.165, 1.54) is 12.1 Å². The number of carboxylic acids is 1. The molecule has 18 heavy (non-hydrogen) atoms. The lowest BCUT2D eigenvalue weighted by atomic mass is 10.0. The third-order valence-corrected chi connectivity index (χ3v) is 2.70. The Morgan fingerprint density at radius 3 is 2.78 bits per heavy atom. The van der Waals surface area contributed by atoms with Gasteiger partial charge in [0.15, 0.2) is 0 Å². The van der Waals surface area contributed by atoms with Crippen LogP contribution < -0.4 is 0 Å². The topological polar surface area (TPSA) is 55.1 Å². The number of nitrogens with zero attached hydrogens (tertiary/aromatic N) is 2. The second-order valence-electron chi connectivity index (χ2n) is 4.06. The molecule has 0 amide bonds. The SMILES string of the molecule is CCc1cn(C)nc1-c1cc(F)cc(C(=O)O)c1. The molecule has 0 saturated carbocycles. The van der Waals surface area contributed by atoms with Gasteiger partial charge in [-0.2, -0.15) is 5.10 Å². The van der Waals surface area contributed by atoms with Crippen LogP contribution in [0.15, 0.2) is 24.4 Å². The highest BCUT2D eigenvalue weighted by molar-refractivity contribution is 5.89. The highest BCUT2D eigenvalue weighted by Gasteiger charge is 2.13. The predicted octanol–water partition coefficient (Wildman–Crippen LogP) is 2.49. The first-order valence-corrected chi connectivity index (χ1v) is 5.58. The van der Waals surface area contributed by atoms with Crippen molar-refractivity contribution in [3.05, 3.63) is 41.3 Å². The minimum absolute atomic E-state index is 0.0716. The number of carbonyl (C=O) groups is 1. The summed E-state index contributed by atoms with van der Waals surface area (Å²) in [5, 5.41) is 13.2. The van der Waals surface area contributed by atoms with Crippen molar-refractivity contribution in [2.24, 2.45) is 7.05 Å². The van der Waals surface area contributed by atoms with Crippen molar-refractivity contribution >= 4 is 5.97 Å². The Morgan fingerprint density at radius 1 is 1.44 bits per heavy atom. The molecule has 4 nitrogen and oxygen atoms in total. The van der Waals surface area contributed by atoms with Gasteiger partial charge in [-0.1, -0.05) is 6.92 Å². The summed E-state index contributed by atoms with van der Waals surface area (Å²) in [6, 6.07) is 3.74. The normalized spacial score (nSPS) is 10.6. The first-order chi connectivity index (χ1) is 8.51. The quantitative estimate of drug-likeness (QED) is 0.907. The van der Waals surface area contributed by atoms with Crippen LogP contribution in [0.2, 0.25) is 0 Å². The molecule has 1 aromatic heterocycles. The van der Waals surface area contributed by atoms with Crippen LogP contribution >= 0.6 is 0 Å². The highest BCUT2D eigenvalue weighted by Crippen LogP contribution is 2.24. The van der Waals surface area contributed by atoms with Crippen molar-refractivity contribution in [1.82, 2.24) is 9.78 Å². The van der Waals surface area contributed by atoms with E-state index < -0.39 is 11.8 Å². The number of aromatic nitrogens is 2. The standard InChI is InChI=1S/C13H13FN2O2/c1-3-8-7-16(2)15-12(8)9-4-10(13(17)18)6-11(14)5-9/h4-7H,3H2,1-2H3,(H,17,18). The highest BCUT2D eigenvalue weighted by atomic mass is 19.1. The fraction of sp³-hybridized carbons (Fsp3) is 0.231. The molecule has 2 aromatic rings. The van der Waals surface area contributed by atoms with Gasteiger partial charge < -0.3 is 5.11 Å². The zero-order valence-corrected chi connectivity index (χ0v) is 10.1. The Balaban J connectivity index is 2.59. The van der Waals surface area contributed by atoms with Crippen molar-refractivity contribution < 1.29 is 14.3 Å². The number of rotatable bonds is 3. The van der Waals surface area contributed by atoms with Gasteiger partial charge in [-0.15, -0.1) is 0 Å². The maximum Gasteiger partial charge on any atom is 0.335 e. The molecule has 0 atom stereocenters. The molecule has 0 aliphatic rings. The maximum atomic E-state index is 13.4. The number of hydrogen-bond donors (Lipinski definition) is 1. The van der Waals surface area contributed by atoms with Crippen LogP contribution in [0.4, 0.5) is 4.39 Å². The van der Waals surface area contributed by atoms with E-state index in [0.717, 1.165) is 18.1 Å². The molecule has 1 N–H and O–H groups in total. The molecule has 94 valence electrons. The molecule has 0 fully saturated rings. The summed E-state index contributed by atoms with van der Waals surface area (Å²) in [5.41, 5.74) is 2.00. The van der Waals surface area contributed by atoms with Gasteiger partial charge in [0.05, 0.1) is 11.3 Å². The van der Waals surface area contributed by atoms with Gasteiger partial charge in [0.1, 0.15) is 5.82 Å². The van der Waals surface area contributed by atoms with Gasteiger partial charge in [-0.05, 0) is 30.2 Å². The minimum atomic E-state index is -1.15. The molecule has 0 bridgehead atoms. The van der Waals surface area contributed by atoms with Crippen molar-refractivity contribution in [1.29, 1.82) is 0 Å². The van der Waals surface area contributed by atoms with Crippen molar-refractivity contribution in [2.75, 3.05) is 0 Å². The second kappa shape index (κ2) is 4.60. The Kier molecular flexibility index (Phi) is 3.14. The van der Waals surface area contributed by atoms with E-state index >= 15 is 0 Å². The lowest BCUT2D eigenvalue weighted by molar-refractivity contribution is 0.0696. The van der Waals surface area contributed by atoms with Crippen LogP contribution in [0.1, 0.15) is 22.8 Å². The molecule has 5 heteroatoms. The largest absolute Gasteiger partial charge is 0.478 e. The van der Waals surface area contributed by atoms with Crippen molar-refractivity contribution in [3.8, 4) is 11.3 Å². The fourth-order valence-electron chi connectivity index (χ4n) is 1.89. The predicted molar refractivity (Wildman–Crippen MR) is 64.9 cm³/mol. The number of benzene rings is 1. The van der Waals surface area contributed by atoms with Crippen molar-refractivity contribution in [2.45, 2.75) is 13.3 Å². The van der Waals surface area contributed by atoms with Gasteiger partial charge in [-0.3, -0.25) is 4.68 Å². The summed E-state index contributed by atoms with van der Waals surface area (Å²) >= 11 is 0. The summed E-state index contributed by atoms with van der Waals surface area (Å²) in [6.07, 6.45) is 2.60. The van der Waals surface area contributed by atoms with Crippen molar-refractivity contribution in [3.63, 3.8) is 0 Å². The molecule has 0 radical (unpaired) electrons. The fourth-order valence-corrected chi connectivity index (χ4v) is 1.89. The van der Waals surface area contributed by atoms with Crippen LogP contribution in [0.25, 0.3) is 11.3 Å². The summed E-state index contributed by atoms with van der Waals surface area (Å²) in [4.78, 5) is 10.9. The van der Waals surface area contributed by atoms with Crippen LogP contribution in [-0.2, 0) is 13.5 Å². The number of hydrogen-bond acceptors (Lipinski definition) is 2. The third-order valence-electron chi connectivity index (χ3n) is 2.70. The molecule has 0 spiro atoms. The first kappa shape index (κ1) is 12.3. The summed E-state index contributed by atoms with van der Waals surface area (Å²) in [5.74, 6) is -1.72. The van der Waals surface area contributed by atoms with E-state index in [2.05, 4.69) is 5.10 Å². The Bertz CT molecular complexity index is 605. The van der Waals surface area contributed by atoms with Gasteiger partial charge >= 0.3 is 5.97 Å². The number of aryl methyl sites for hydroxylation is 2. The van der Waals surface area contributed by atoms with E-state index in [0.29, 0.717) is 11.3 Å². The molecular weight excluding hydrogens is 235 g/mol. The number of halogens is 1. The average Bonchev–Trinajstić information content (AvgIpc) is 2.69. The Hall–Kier alpha value is -2.17. The van der Waals surface area contributed by atoms with Crippen LogP contribution in [0, 0.1) is 5.82 Å². The zero-order chi connectivity index (χ0) is 13.3. The molecule has 2 rings (SSSR count). The smallest absolute Gasteiger partial charge is 0.335 e. The summed E-state index contributed by atoms with van der Waals surface area (Å²) in [6.45, 7) is 1.97. The monoisotopic (exact) mass is 248 g/mol. The van der Waals surface area contributed by atoms with Gasteiger partial charge in [0, 0.05) is 18.8 Å². The van der Waals surface area contributed by atoms with Crippen LogP contribution in [0.5, 0.6) is 0 Å². The van der Waals surface area contributed by atoms with Crippen LogP contribution in [-0.4, -0.2) is 20.9 Å². The summed E-state index contributed by atoms with van der Waals surface area (Å²) < 4.78 is 15.1. The molecule has 1 heterocycles. The molecular formula is C13H13FN2O2. The number of aromatic carboxylic acids is 1. The van der Waals surface area contributed by atoms with E-state index in [1.54, 1.807) is 11.7 Å². The van der Waals surface area contributed by atoms with Gasteiger partial charge in [0.2, 0.25) is 0 Å². The first-order valence-electron chi connectivity index (χ1n) is 5.58. The lowest BCUT2D eigenvalue weighted by Crippen LogP contribution is -1.98. The third kappa shape index (κ3) is 2.25. The maximum absolute atomic E-state index is 13.4. The van der Waals surface area contributed by atoms with Gasteiger partial charge in [0.25, 0.3) is 0 Å². The van der Waals surface area contributed by atoms with E-state index in [9.17, 15) is 9.18 Å². The van der Waals surface area contributed by atoms with E-state index in [1.807, 2.05) is 13.1 Å². The molecule has 0 unspecified atom stereocenters. The molecule has 0 aliphatic heterocycles. The minimum Gasteiger partial charge on any atom is -0.478 e. The molecule has 1 aromatic carbocycles. The zero-order valence-electron chi connectivity index (χ0n) is 10.1. The second-order valence-corrected chi connectivity index (χ2v) is 4.06. The van der Waals surface area contributed by atoms with Crippen LogP contribution in [0.3, 0.4) is 0 Å². The van der Waals surface area contributed by atoms with E-state index in [4.69, 9.17) is 5.11 Å². The van der Waals surface area contributed by atoms with Gasteiger partial charge in [-0.25, -0.2) is 9.18 Å². The number of carboxylic acid groups (broad SMARTS) is 1. The molecule has 0 aliphatic carbocycles. The Morgan fingerprint density at radius 2 is 2.17 bits per heavy atom. The Labute approximate surface area is 104 Å². The molecule has 0 saturated heterocycles.